The molecule has 0 aromatic carbocycles. The van der Waals surface area contributed by atoms with E-state index in [9.17, 15) is 4.79 Å². The molecule has 0 aliphatic heterocycles. The zero-order chi connectivity index (χ0) is 14.9. The summed E-state index contributed by atoms with van der Waals surface area (Å²) < 4.78 is 3.67. The van der Waals surface area contributed by atoms with Crippen molar-refractivity contribution >= 4 is 27.3 Å². The number of nitrogens with zero attached hydrogens (tertiary/aromatic N) is 4. The Morgan fingerprint density at radius 2 is 2.10 bits per heavy atom. The van der Waals surface area contributed by atoms with Gasteiger partial charge in [0.15, 0.2) is 0 Å². The number of aryl methyl sites for hydroxylation is 2. The maximum absolute atomic E-state index is 12.2. The predicted octanol–water partition coefficient (Wildman–Crippen LogP) is 2.63. The number of halogens is 1. The fourth-order valence-corrected chi connectivity index (χ4v) is 2.33. The van der Waals surface area contributed by atoms with Gasteiger partial charge in [-0.2, -0.15) is 10.2 Å². The van der Waals surface area contributed by atoms with Crippen molar-refractivity contribution in [2.24, 2.45) is 7.05 Å². The van der Waals surface area contributed by atoms with Crippen molar-refractivity contribution in [3.05, 3.63) is 32.9 Å². The van der Waals surface area contributed by atoms with Crippen molar-refractivity contribution in [2.45, 2.75) is 33.2 Å². The second-order valence-electron chi connectivity index (χ2n) is 4.86. The SMILES string of the molecule is CCc1nn(C)cc1Nc1cnn(C(C)C)c(=O)c1Br. The van der Waals surface area contributed by atoms with Crippen LogP contribution in [0.1, 0.15) is 32.5 Å². The van der Waals surface area contributed by atoms with E-state index in [1.165, 1.54) is 4.68 Å². The summed E-state index contributed by atoms with van der Waals surface area (Å²) in [5.41, 5.74) is 2.34. The molecule has 2 aromatic rings. The third kappa shape index (κ3) is 2.77. The van der Waals surface area contributed by atoms with E-state index >= 15 is 0 Å². The van der Waals surface area contributed by atoms with Crippen molar-refractivity contribution in [3.8, 4) is 0 Å². The Balaban J connectivity index is 2.40. The van der Waals surface area contributed by atoms with Crippen molar-refractivity contribution < 1.29 is 0 Å². The highest BCUT2D eigenvalue weighted by Gasteiger charge is 2.13. The molecule has 0 aliphatic carbocycles. The number of rotatable bonds is 4. The Labute approximate surface area is 125 Å². The summed E-state index contributed by atoms with van der Waals surface area (Å²) in [6.45, 7) is 5.88. The van der Waals surface area contributed by atoms with Gasteiger partial charge in [0, 0.05) is 13.2 Å². The van der Waals surface area contributed by atoms with Crippen molar-refractivity contribution in [1.82, 2.24) is 19.6 Å². The van der Waals surface area contributed by atoms with Crippen LogP contribution in [0.15, 0.2) is 21.7 Å². The lowest BCUT2D eigenvalue weighted by atomic mass is 10.3. The second-order valence-corrected chi connectivity index (χ2v) is 5.65. The quantitative estimate of drug-likeness (QED) is 0.929. The van der Waals surface area contributed by atoms with Crippen LogP contribution < -0.4 is 10.9 Å². The average Bonchev–Trinajstić information content (AvgIpc) is 2.75. The normalized spacial score (nSPS) is 11.1. The van der Waals surface area contributed by atoms with E-state index in [0.29, 0.717) is 10.2 Å². The Morgan fingerprint density at radius 1 is 1.40 bits per heavy atom. The van der Waals surface area contributed by atoms with Crippen LogP contribution in [-0.2, 0) is 13.5 Å². The zero-order valence-electron chi connectivity index (χ0n) is 12.0. The fraction of sp³-hybridized carbons (Fsp3) is 0.462. The van der Waals surface area contributed by atoms with Crippen LogP contribution in [0.2, 0.25) is 0 Å². The minimum Gasteiger partial charge on any atom is -0.350 e. The van der Waals surface area contributed by atoms with E-state index in [2.05, 4.69) is 31.4 Å². The highest BCUT2D eigenvalue weighted by molar-refractivity contribution is 9.10. The van der Waals surface area contributed by atoms with Gasteiger partial charge in [-0.25, -0.2) is 4.68 Å². The van der Waals surface area contributed by atoms with Gasteiger partial charge in [-0.05, 0) is 36.2 Å². The number of hydrogen-bond acceptors (Lipinski definition) is 4. The molecule has 0 spiro atoms. The number of aromatic nitrogens is 4. The van der Waals surface area contributed by atoms with Crippen LogP contribution in [0.3, 0.4) is 0 Å². The van der Waals surface area contributed by atoms with Gasteiger partial charge >= 0.3 is 0 Å². The van der Waals surface area contributed by atoms with Crippen LogP contribution >= 0.6 is 15.9 Å². The average molecular weight is 340 g/mol. The van der Waals surface area contributed by atoms with Gasteiger partial charge in [0.05, 0.1) is 29.3 Å². The van der Waals surface area contributed by atoms with Gasteiger partial charge in [-0.3, -0.25) is 9.48 Å². The van der Waals surface area contributed by atoms with Gasteiger partial charge in [-0.15, -0.1) is 0 Å². The molecule has 0 amide bonds. The van der Waals surface area contributed by atoms with Crippen molar-refractivity contribution in [2.75, 3.05) is 5.32 Å². The summed E-state index contributed by atoms with van der Waals surface area (Å²) in [6, 6.07) is 0.0254. The van der Waals surface area contributed by atoms with E-state index in [-0.39, 0.29) is 11.6 Å². The molecule has 7 heteroatoms. The molecule has 2 aromatic heterocycles. The summed E-state index contributed by atoms with van der Waals surface area (Å²) in [7, 11) is 1.87. The Bertz CT molecular complexity index is 674. The lowest BCUT2D eigenvalue weighted by molar-refractivity contribution is 0.501. The van der Waals surface area contributed by atoms with Crippen molar-refractivity contribution in [1.29, 1.82) is 0 Å². The van der Waals surface area contributed by atoms with Gasteiger partial charge in [0.25, 0.3) is 5.56 Å². The first kappa shape index (κ1) is 14.8. The molecule has 0 aliphatic rings. The smallest absolute Gasteiger partial charge is 0.283 e. The van der Waals surface area contributed by atoms with Gasteiger partial charge in [0.1, 0.15) is 4.47 Å². The summed E-state index contributed by atoms with van der Waals surface area (Å²) in [5, 5.41) is 11.8. The van der Waals surface area contributed by atoms with Crippen LogP contribution in [0.5, 0.6) is 0 Å². The van der Waals surface area contributed by atoms with Crippen molar-refractivity contribution in [3.63, 3.8) is 0 Å². The Hall–Kier alpha value is -1.63. The third-order valence-electron chi connectivity index (χ3n) is 2.94. The topological polar surface area (TPSA) is 64.7 Å². The monoisotopic (exact) mass is 339 g/mol. The zero-order valence-corrected chi connectivity index (χ0v) is 13.6. The molecule has 0 unspecified atom stereocenters. The molecule has 0 atom stereocenters. The molecular weight excluding hydrogens is 322 g/mol. The first-order valence-corrected chi connectivity index (χ1v) is 7.30. The number of nitrogens with one attached hydrogen (secondary N) is 1. The van der Waals surface area contributed by atoms with E-state index in [4.69, 9.17) is 0 Å². The van der Waals surface area contributed by atoms with Crippen LogP contribution in [-0.4, -0.2) is 19.6 Å². The Morgan fingerprint density at radius 3 is 2.70 bits per heavy atom. The van der Waals surface area contributed by atoms with E-state index in [1.807, 2.05) is 34.0 Å². The lowest BCUT2D eigenvalue weighted by Crippen LogP contribution is -2.25. The molecule has 108 valence electrons. The minimum absolute atomic E-state index is 0.0254. The minimum atomic E-state index is -0.146. The molecule has 0 bridgehead atoms. The summed E-state index contributed by atoms with van der Waals surface area (Å²) >= 11 is 3.35. The summed E-state index contributed by atoms with van der Waals surface area (Å²) in [6.07, 6.45) is 4.36. The van der Waals surface area contributed by atoms with Crippen LogP contribution in [0.25, 0.3) is 0 Å². The van der Waals surface area contributed by atoms with E-state index < -0.39 is 0 Å². The molecule has 0 radical (unpaired) electrons. The van der Waals surface area contributed by atoms with Crippen LogP contribution in [0, 0.1) is 0 Å². The molecule has 0 saturated carbocycles. The molecule has 2 rings (SSSR count). The molecule has 0 saturated heterocycles. The molecular formula is C13H18BrN5O. The predicted molar refractivity (Wildman–Crippen MR) is 82.5 cm³/mol. The molecule has 6 nitrogen and oxygen atoms in total. The molecule has 20 heavy (non-hydrogen) atoms. The standard InChI is InChI=1S/C13H18BrN5O/c1-5-9-11(7-18(4)17-9)16-10-6-15-19(8(2)3)13(20)12(10)14/h6-8,16H,5H2,1-4H3. The summed E-state index contributed by atoms with van der Waals surface area (Å²) in [5.74, 6) is 0. The maximum Gasteiger partial charge on any atom is 0.283 e. The Kier molecular flexibility index (Phi) is 4.27. The molecule has 1 N–H and O–H groups in total. The van der Waals surface area contributed by atoms with Gasteiger partial charge in [0.2, 0.25) is 0 Å². The third-order valence-corrected chi connectivity index (χ3v) is 3.71. The number of hydrogen-bond donors (Lipinski definition) is 1. The van der Waals surface area contributed by atoms with E-state index in [1.54, 1.807) is 10.9 Å². The van der Waals surface area contributed by atoms with E-state index in [0.717, 1.165) is 17.8 Å². The molecule has 0 fully saturated rings. The fourth-order valence-electron chi connectivity index (χ4n) is 1.94. The first-order valence-electron chi connectivity index (χ1n) is 6.50. The van der Waals surface area contributed by atoms with Gasteiger partial charge in [-0.1, -0.05) is 6.92 Å². The lowest BCUT2D eigenvalue weighted by Gasteiger charge is -2.12. The van der Waals surface area contributed by atoms with Crippen LogP contribution in [0.4, 0.5) is 11.4 Å². The highest BCUT2D eigenvalue weighted by atomic mass is 79.9. The molecule has 2 heterocycles. The summed E-state index contributed by atoms with van der Waals surface area (Å²) in [4.78, 5) is 12.2. The second kappa shape index (κ2) is 5.78. The largest absolute Gasteiger partial charge is 0.350 e. The highest BCUT2D eigenvalue weighted by Crippen LogP contribution is 2.24. The first-order chi connectivity index (χ1) is 9.43. The number of anilines is 2. The maximum atomic E-state index is 12.2. The van der Waals surface area contributed by atoms with Gasteiger partial charge < -0.3 is 5.32 Å².